The number of benzene rings is 1. The van der Waals surface area contributed by atoms with Crippen molar-refractivity contribution in [2.75, 3.05) is 11.9 Å². The first-order chi connectivity index (χ1) is 11.6. The van der Waals surface area contributed by atoms with Gasteiger partial charge in [0, 0.05) is 11.5 Å². The lowest BCUT2D eigenvalue weighted by atomic mass is 10.1. The second-order valence-electron chi connectivity index (χ2n) is 7.48. The molecule has 0 bridgehead atoms. The molecule has 1 fully saturated rings. The van der Waals surface area contributed by atoms with Crippen LogP contribution in [0.5, 0.6) is 0 Å². The minimum absolute atomic E-state index is 0.00906. The van der Waals surface area contributed by atoms with Gasteiger partial charge in [-0.2, -0.15) is 0 Å². The minimum atomic E-state index is -0.622. The maximum Gasteiger partial charge on any atom is 0.253 e. The van der Waals surface area contributed by atoms with Crippen LogP contribution in [0.1, 0.15) is 44.5 Å². The standard InChI is InChI=1S/C18H24FN3O3/c1-10-7-12(10)17(25)21-14-6-5-11(19)8-13(14)16(24)20-9-15(23)22-18(2,3)4/h5-6,8,10,12H,7,9H2,1-4H3,(H,20,24)(H,21,25)(H,22,23)/t10-,12+/m0/s1. The summed E-state index contributed by atoms with van der Waals surface area (Å²) >= 11 is 0. The van der Waals surface area contributed by atoms with E-state index in [-0.39, 0.29) is 35.5 Å². The van der Waals surface area contributed by atoms with Crippen LogP contribution < -0.4 is 16.0 Å². The largest absolute Gasteiger partial charge is 0.350 e. The van der Waals surface area contributed by atoms with Gasteiger partial charge in [0.2, 0.25) is 11.8 Å². The highest BCUT2D eigenvalue weighted by atomic mass is 19.1. The van der Waals surface area contributed by atoms with Crippen LogP contribution in [0.4, 0.5) is 10.1 Å². The van der Waals surface area contributed by atoms with Gasteiger partial charge in [0.25, 0.3) is 5.91 Å². The molecule has 1 aromatic rings. The molecule has 0 heterocycles. The SMILES string of the molecule is C[C@H]1C[C@H]1C(=O)Nc1ccc(F)cc1C(=O)NCC(=O)NC(C)(C)C. The van der Waals surface area contributed by atoms with Crippen molar-refractivity contribution < 1.29 is 18.8 Å². The summed E-state index contributed by atoms with van der Waals surface area (Å²) in [7, 11) is 0. The molecule has 0 spiro atoms. The Bertz CT molecular complexity index is 697. The highest BCUT2D eigenvalue weighted by Crippen LogP contribution is 2.38. The number of nitrogens with one attached hydrogen (secondary N) is 3. The molecule has 0 aliphatic heterocycles. The number of hydrogen-bond acceptors (Lipinski definition) is 3. The third-order valence-electron chi connectivity index (χ3n) is 3.85. The van der Waals surface area contributed by atoms with Gasteiger partial charge >= 0.3 is 0 Å². The van der Waals surface area contributed by atoms with Crippen LogP contribution in [-0.2, 0) is 9.59 Å². The summed E-state index contributed by atoms with van der Waals surface area (Å²) < 4.78 is 13.5. The Hall–Kier alpha value is -2.44. The number of carbonyl (C=O) groups is 3. The highest BCUT2D eigenvalue weighted by Gasteiger charge is 2.39. The number of hydrogen-bond donors (Lipinski definition) is 3. The van der Waals surface area contributed by atoms with Crippen molar-refractivity contribution in [1.82, 2.24) is 10.6 Å². The maximum absolute atomic E-state index is 13.5. The third kappa shape index (κ3) is 5.55. The molecular formula is C18H24FN3O3. The molecule has 136 valence electrons. The molecule has 6 nitrogen and oxygen atoms in total. The van der Waals surface area contributed by atoms with Gasteiger partial charge < -0.3 is 16.0 Å². The third-order valence-corrected chi connectivity index (χ3v) is 3.85. The van der Waals surface area contributed by atoms with E-state index in [0.29, 0.717) is 5.92 Å². The van der Waals surface area contributed by atoms with Gasteiger partial charge in [0.05, 0.1) is 17.8 Å². The van der Waals surface area contributed by atoms with Crippen LogP contribution in [0.15, 0.2) is 18.2 Å². The average molecular weight is 349 g/mol. The van der Waals surface area contributed by atoms with Crippen molar-refractivity contribution in [3.63, 3.8) is 0 Å². The molecule has 3 N–H and O–H groups in total. The van der Waals surface area contributed by atoms with Crippen LogP contribution in [-0.4, -0.2) is 29.8 Å². The zero-order valence-corrected chi connectivity index (χ0v) is 14.9. The highest BCUT2D eigenvalue weighted by molar-refractivity contribution is 6.05. The molecule has 25 heavy (non-hydrogen) atoms. The quantitative estimate of drug-likeness (QED) is 0.760. The molecule has 1 aliphatic carbocycles. The number of rotatable bonds is 5. The van der Waals surface area contributed by atoms with Crippen molar-refractivity contribution in [2.24, 2.45) is 11.8 Å². The smallest absolute Gasteiger partial charge is 0.253 e. The predicted octanol–water partition coefficient (Wildman–Crippen LogP) is 2.06. The van der Waals surface area contributed by atoms with E-state index >= 15 is 0 Å². The fourth-order valence-corrected chi connectivity index (χ4v) is 2.44. The van der Waals surface area contributed by atoms with E-state index in [2.05, 4.69) is 16.0 Å². The molecule has 7 heteroatoms. The molecule has 2 atom stereocenters. The summed E-state index contributed by atoms with van der Waals surface area (Å²) in [6, 6.07) is 3.57. The van der Waals surface area contributed by atoms with Gasteiger partial charge in [-0.3, -0.25) is 14.4 Å². The fourth-order valence-electron chi connectivity index (χ4n) is 2.44. The first-order valence-corrected chi connectivity index (χ1v) is 8.26. The summed E-state index contributed by atoms with van der Waals surface area (Å²) in [5.41, 5.74) is -0.190. The Kier molecular flexibility index (Phi) is 5.45. The Morgan fingerprint density at radius 3 is 2.44 bits per heavy atom. The first kappa shape index (κ1) is 18.9. The first-order valence-electron chi connectivity index (χ1n) is 8.26. The Morgan fingerprint density at radius 1 is 1.24 bits per heavy atom. The number of halogens is 1. The van der Waals surface area contributed by atoms with Crippen LogP contribution in [0, 0.1) is 17.7 Å². The fraction of sp³-hybridized carbons (Fsp3) is 0.500. The molecule has 1 aliphatic rings. The summed E-state index contributed by atoms with van der Waals surface area (Å²) in [4.78, 5) is 36.2. The van der Waals surface area contributed by atoms with Crippen LogP contribution in [0.3, 0.4) is 0 Å². The van der Waals surface area contributed by atoms with Crippen LogP contribution >= 0.6 is 0 Å². The molecule has 1 aromatic carbocycles. The molecule has 3 amide bonds. The van der Waals surface area contributed by atoms with Crippen molar-refractivity contribution in [2.45, 2.75) is 39.7 Å². The second kappa shape index (κ2) is 7.21. The van der Waals surface area contributed by atoms with E-state index in [9.17, 15) is 18.8 Å². The van der Waals surface area contributed by atoms with Crippen molar-refractivity contribution in [3.05, 3.63) is 29.6 Å². The zero-order valence-electron chi connectivity index (χ0n) is 14.9. The summed E-state index contributed by atoms with van der Waals surface area (Å²) in [6.07, 6.45) is 0.807. The molecule has 0 unspecified atom stereocenters. The lowest BCUT2D eigenvalue weighted by Crippen LogP contribution is -2.45. The molecule has 0 radical (unpaired) electrons. The number of anilines is 1. The van der Waals surface area contributed by atoms with E-state index in [4.69, 9.17) is 0 Å². The summed E-state index contributed by atoms with van der Waals surface area (Å²) in [6.45, 7) is 7.21. The summed E-state index contributed by atoms with van der Waals surface area (Å²) in [5, 5.41) is 7.83. The van der Waals surface area contributed by atoms with Crippen LogP contribution in [0.25, 0.3) is 0 Å². The average Bonchev–Trinajstić information content (AvgIpc) is 3.22. The normalized spacial score (nSPS) is 19.1. The predicted molar refractivity (Wildman–Crippen MR) is 92.5 cm³/mol. The van der Waals surface area contributed by atoms with E-state index in [1.54, 1.807) is 0 Å². The molecule has 0 saturated heterocycles. The van der Waals surface area contributed by atoms with Gasteiger partial charge in [-0.05, 0) is 51.3 Å². The number of carbonyl (C=O) groups excluding carboxylic acids is 3. The van der Waals surface area contributed by atoms with Gasteiger partial charge in [-0.15, -0.1) is 0 Å². The van der Waals surface area contributed by atoms with E-state index < -0.39 is 17.3 Å². The summed E-state index contributed by atoms with van der Waals surface area (Å²) in [5.74, 6) is -1.50. The number of amides is 3. The van der Waals surface area contributed by atoms with Crippen molar-refractivity contribution in [1.29, 1.82) is 0 Å². The molecular weight excluding hydrogens is 325 g/mol. The second-order valence-corrected chi connectivity index (χ2v) is 7.48. The topological polar surface area (TPSA) is 87.3 Å². The van der Waals surface area contributed by atoms with Gasteiger partial charge in [-0.1, -0.05) is 6.92 Å². The lowest BCUT2D eigenvalue weighted by molar-refractivity contribution is -0.121. The Morgan fingerprint density at radius 2 is 1.88 bits per heavy atom. The Balaban J connectivity index is 2.04. The monoisotopic (exact) mass is 349 g/mol. The van der Waals surface area contributed by atoms with Crippen LogP contribution in [0.2, 0.25) is 0 Å². The van der Waals surface area contributed by atoms with E-state index in [0.717, 1.165) is 12.5 Å². The molecule has 1 saturated carbocycles. The maximum atomic E-state index is 13.5. The van der Waals surface area contributed by atoms with Gasteiger partial charge in [-0.25, -0.2) is 4.39 Å². The minimum Gasteiger partial charge on any atom is -0.350 e. The van der Waals surface area contributed by atoms with Crippen molar-refractivity contribution in [3.8, 4) is 0 Å². The van der Waals surface area contributed by atoms with E-state index in [1.807, 2.05) is 27.7 Å². The lowest BCUT2D eigenvalue weighted by Gasteiger charge is -2.20. The molecule has 2 rings (SSSR count). The zero-order chi connectivity index (χ0) is 18.8. The van der Waals surface area contributed by atoms with Crippen molar-refractivity contribution >= 4 is 23.4 Å². The Labute approximate surface area is 146 Å². The molecule has 0 aromatic heterocycles. The van der Waals surface area contributed by atoms with Gasteiger partial charge in [0.15, 0.2) is 0 Å². The van der Waals surface area contributed by atoms with E-state index in [1.165, 1.54) is 12.1 Å². The van der Waals surface area contributed by atoms with Gasteiger partial charge in [0.1, 0.15) is 5.82 Å².